The Morgan fingerprint density at radius 2 is 2.28 bits per heavy atom. The number of pyridine rings is 1. The molecule has 0 aromatic carbocycles. The molecule has 0 unspecified atom stereocenters. The van der Waals surface area contributed by atoms with Crippen molar-refractivity contribution in [2.24, 2.45) is 0 Å². The molecule has 18 heavy (non-hydrogen) atoms. The molecule has 0 fully saturated rings. The molecule has 0 spiro atoms. The van der Waals surface area contributed by atoms with Gasteiger partial charge in [0.1, 0.15) is 11.9 Å². The van der Waals surface area contributed by atoms with Crippen LogP contribution in [0.2, 0.25) is 0 Å². The molecule has 1 N–H and O–H groups in total. The van der Waals surface area contributed by atoms with Crippen LogP contribution in [0.4, 0.5) is 0 Å². The number of carboxylic acids is 1. The molecule has 6 heteroatoms. The van der Waals surface area contributed by atoms with Crippen molar-refractivity contribution in [1.29, 1.82) is 0 Å². The number of hydrogen-bond acceptors (Lipinski definition) is 4. The topological polar surface area (TPSA) is 85.1 Å². The summed E-state index contributed by atoms with van der Waals surface area (Å²) >= 11 is 0. The Balaban J connectivity index is 2.42. The highest BCUT2D eigenvalue weighted by atomic mass is 16.4. The summed E-state index contributed by atoms with van der Waals surface area (Å²) in [6, 6.07) is 3.04. The summed E-state index contributed by atoms with van der Waals surface area (Å²) in [5.41, 5.74) is 0.699. The highest BCUT2D eigenvalue weighted by Gasteiger charge is 2.10. The fourth-order valence-electron chi connectivity index (χ4n) is 1.59. The third-order valence-corrected chi connectivity index (χ3v) is 2.55. The summed E-state index contributed by atoms with van der Waals surface area (Å²) < 4.78 is 1.67. The molecule has 0 aliphatic heterocycles. The van der Waals surface area contributed by atoms with Crippen LogP contribution in [0.15, 0.2) is 35.6 Å². The fourth-order valence-corrected chi connectivity index (χ4v) is 1.59. The zero-order chi connectivity index (χ0) is 13.1. The second-order valence-corrected chi connectivity index (χ2v) is 3.83. The Labute approximate surface area is 103 Å². The van der Waals surface area contributed by atoms with Crippen molar-refractivity contribution in [2.45, 2.75) is 13.5 Å². The van der Waals surface area contributed by atoms with Gasteiger partial charge in [0.05, 0.1) is 12.2 Å². The largest absolute Gasteiger partial charge is 0.477 e. The van der Waals surface area contributed by atoms with Gasteiger partial charge in [0, 0.05) is 24.2 Å². The molecule has 2 heterocycles. The molecule has 2 aromatic rings. The average Bonchev–Trinajstić information content (AvgIpc) is 2.33. The SMILES string of the molecule is Cc1cc(=O)c(C(=O)O)cn1Cc1ccncn1. The number of rotatable bonds is 3. The van der Waals surface area contributed by atoms with Crippen LogP contribution < -0.4 is 5.43 Å². The molecule has 92 valence electrons. The van der Waals surface area contributed by atoms with Crippen LogP contribution in [0.3, 0.4) is 0 Å². The van der Waals surface area contributed by atoms with Gasteiger partial charge < -0.3 is 9.67 Å². The van der Waals surface area contributed by atoms with Crippen LogP contribution in [0.1, 0.15) is 21.7 Å². The highest BCUT2D eigenvalue weighted by molar-refractivity contribution is 5.87. The van der Waals surface area contributed by atoms with Crippen LogP contribution in [-0.2, 0) is 6.54 Å². The van der Waals surface area contributed by atoms with Crippen molar-refractivity contribution in [2.75, 3.05) is 0 Å². The molecule has 6 nitrogen and oxygen atoms in total. The minimum absolute atomic E-state index is 0.241. The zero-order valence-corrected chi connectivity index (χ0v) is 9.70. The number of aromatic nitrogens is 3. The van der Waals surface area contributed by atoms with Crippen molar-refractivity contribution in [3.05, 3.63) is 58.0 Å². The molecule has 0 aliphatic carbocycles. The van der Waals surface area contributed by atoms with Gasteiger partial charge in [-0.15, -0.1) is 0 Å². The van der Waals surface area contributed by atoms with E-state index in [9.17, 15) is 9.59 Å². The number of carbonyl (C=O) groups is 1. The maximum absolute atomic E-state index is 11.5. The van der Waals surface area contributed by atoms with E-state index < -0.39 is 11.4 Å². The van der Waals surface area contributed by atoms with Crippen molar-refractivity contribution in [3.8, 4) is 0 Å². The first-order valence-electron chi connectivity index (χ1n) is 5.27. The second-order valence-electron chi connectivity index (χ2n) is 3.83. The second kappa shape index (κ2) is 4.79. The first-order chi connectivity index (χ1) is 8.58. The van der Waals surface area contributed by atoms with Crippen LogP contribution in [0, 0.1) is 6.92 Å². The van der Waals surface area contributed by atoms with Crippen LogP contribution in [0.25, 0.3) is 0 Å². The molecule has 0 aliphatic rings. The molecule has 0 amide bonds. The van der Waals surface area contributed by atoms with Crippen molar-refractivity contribution < 1.29 is 9.90 Å². The van der Waals surface area contributed by atoms with E-state index in [4.69, 9.17) is 5.11 Å². The summed E-state index contributed by atoms with van der Waals surface area (Å²) in [5.74, 6) is -1.23. The molecule has 0 saturated heterocycles. The minimum Gasteiger partial charge on any atom is -0.477 e. The number of carboxylic acid groups (broad SMARTS) is 1. The number of aryl methyl sites for hydroxylation is 1. The van der Waals surface area contributed by atoms with E-state index >= 15 is 0 Å². The number of nitrogens with zero attached hydrogens (tertiary/aromatic N) is 3. The van der Waals surface area contributed by atoms with Crippen LogP contribution in [0.5, 0.6) is 0 Å². The summed E-state index contributed by atoms with van der Waals surface area (Å²) in [7, 11) is 0. The Kier molecular flexibility index (Phi) is 3.18. The maximum atomic E-state index is 11.5. The van der Waals surface area contributed by atoms with Crippen molar-refractivity contribution >= 4 is 5.97 Å². The Bertz CT molecular complexity index is 635. The van der Waals surface area contributed by atoms with E-state index in [1.54, 1.807) is 23.8 Å². The van der Waals surface area contributed by atoms with Crippen LogP contribution >= 0.6 is 0 Å². The molecule has 0 bridgehead atoms. The van der Waals surface area contributed by atoms with Crippen molar-refractivity contribution in [3.63, 3.8) is 0 Å². The predicted octanol–water partition coefficient (Wildman–Crippen LogP) is 0.693. The lowest BCUT2D eigenvalue weighted by molar-refractivity contribution is 0.0694. The van der Waals surface area contributed by atoms with E-state index in [2.05, 4.69) is 9.97 Å². The van der Waals surface area contributed by atoms with E-state index in [1.165, 1.54) is 18.6 Å². The van der Waals surface area contributed by atoms with E-state index in [0.717, 1.165) is 5.69 Å². The summed E-state index contributed by atoms with van der Waals surface area (Å²) in [5, 5.41) is 8.91. The van der Waals surface area contributed by atoms with Crippen molar-refractivity contribution in [1.82, 2.24) is 14.5 Å². The molecule has 2 aromatic heterocycles. The number of hydrogen-bond donors (Lipinski definition) is 1. The summed E-state index contributed by atoms with van der Waals surface area (Å²) in [6.45, 7) is 2.14. The standard InChI is InChI=1S/C12H11N3O3/c1-8-4-11(16)10(12(17)18)6-15(8)5-9-2-3-13-7-14-9/h2-4,6-7H,5H2,1H3,(H,17,18). The molecule has 0 atom stereocenters. The van der Waals surface area contributed by atoms with Gasteiger partial charge in [-0.1, -0.05) is 0 Å². The molecular formula is C12H11N3O3. The Morgan fingerprint density at radius 3 is 2.89 bits per heavy atom. The third kappa shape index (κ3) is 2.42. The normalized spacial score (nSPS) is 10.3. The number of aromatic carboxylic acids is 1. The van der Waals surface area contributed by atoms with Gasteiger partial charge in [-0.25, -0.2) is 14.8 Å². The molecule has 0 saturated carbocycles. The fraction of sp³-hybridized carbons (Fsp3) is 0.167. The molecular weight excluding hydrogens is 234 g/mol. The molecule has 0 radical (unpaired) electrons. The Morgan fingerprint density at radius 1 is 1.50 bits per heavy atom. The monoisotopic (exact) mass is 245 g/mol. The lowest BCUT2D eigenvalue weighted by Crippen LogP contribution is -2.19. The minimum atomic E-state index is -1.23. The van der Waals surface area contributed by atoms with Gasteiger partial charge in [-0.2, -0.15) is 0 Å². The first kappa shape index (κ1) is 12.0. The third-order valence-electron chi connectivity index (χ3n) is 2.55. The average molecular weight is 245 g/mol. The van der Waals surface area contributed by atoms with Crippen LogP contribution in [-0.4, -0.2) is 25.6 Å². The lowest BCUT2D eigenvalue weighted by atomic mass is 10.2. The summed E-state index contributed by atoms with van der Waals surface area (Å²) in [6.07, 6.45) is 4.37. The van der Waals surface area contributed by atoms with Gasteiger partial charge in [0.2, 0.25) is 0 Å². The maximum Gasteiger partial charge on any atom is 0.341 e. The van der Waals surface area contributed by atoms with Gasteiger partial charge >= 0.3 is 5.97 Å². The van der Waals surface area contributed by atoms with E-state index in [1.807, 2.05) is 0 Å². The first-order valence-corrected chi connectivity index (χ1v) is 5.27. The van der Waals surface area contributed by atoms with Gasteiger partial charge in [-0.05, 0) is 13.0 Å². The Hall–Kier alpha value is -2.50. The highest BCUT2D eigenvalue weighted by Crippen LogP contribution is 2.03. The summed E-state index contributed by atoms with van der Waals surface area (Å²) in [4.78, 5) is 30.2. The van der Waals surface area contributed by atoms with Gasteiger partial charge in [0.25, 0.3) is 0 Å². The molecule has 2 rings (SSSR count). The quantitative estimate of drug-likeness (QED) is 0.860. The van der Waals surface area contributed by atoms with Gasteiger partial charge in [-0.3, -0.25) is 4.79 Å². The van der Waals surface area contributed by atoms with Gasteiger partial charge in [0.15, 0.2) is 5.43 Å². The van der Waals surface area contributed by atoms with E-state index in [-0.39, 0.29) is 5.56 Å². The smallest absolute Gasteiger partial charge is 0.341 e. The predicted molar refractivity (Wildman–Crippen MR) is 63.5 cm³/mol. The van der Waals surface area contributed by atoms with E-state index in [0.29, 0.717) is 12.2 Å². The zero-order valence-electron chi connectivity index (χ0n) is 9.70. The lowest BCUT2D eigenvalue weighted by Gasteiger charge is -2.10.